The van der Waals surface area contributed by atoms with Crippen LogP contribution in [0, 0.1) is 0 Å². The van der Waals surface area contributed by atoms with Crippen molar-refractivity contribution in [2.75, 3.05) is 41.8 Å². The molecule has 2 amide bonds. The Bertz CT molecular complexity index is 1490. The number of halogens is 3. The van der Waals surface area contributed by atoms with E-state index in [-0.39, 0.29) is 6.42 Å². The van der Waals surface area contributed by atoms with E-state index >= 15 is 0 Å². The van der Waals surface area contributed by atoms with E-state index in [1.807, 2.05) is 12.1 Å². The number of aromatic nitrogens is 1. The summed E-state index contributed by atoms with van der Waals surface area (Å²) in [5, 5.41) is 15.3. The zero-order valence-corrected chi connectivity index (χ0v) is 22.5. The number of pyridine rings is 1. The maximum Gasteiger partial charge on any atom is 0.416 e. The first-order chi connectivity index (χ1) is 20.2. The molecule has 0 spiro atoms. The van der Waals surface area contributed by atoms with Crippen LogP contribution in [-0.2, 0) is 26.9 Å². The smallest absolute Gasteiger partial charge is 0.383 e. The molecule has 0 saturated carbocycles. The molecule has 0 bridgehead atoms. The SMILES string of the molecule is O=C(C=CC=C(c1ccc(C(F)(F)F)cc1)c1ccc(N2CCCOCC2)nc1)Nc1cccc2c1CC(O)C(=O)N2. The van der Waals surface area contributed by atoms with Crippen molar-refractivity contribution in [1.82, 2.24) is 4.98 Å². The van der Waals surface area contributed by atoms with Crippen molar-refractivity contribution in [2.45, 2.75) is 25.1 Å². The number of anilines is 3. The number of aliphatic hydroxyl groups is 1. The van der Waals surface area contributed by atoms with Crippen LogP contribution in [0.25, 0.3) is 5.57 Å². The first-order valence-electron chi connectivity index (χ1n) is 13.5. The zero-order chi connectivity index (χ0) is 29.7. The second-order valence-electron chi connectivity index (χ2n) is 9.90. The molecule has 1 saturated heterocycles. The van der Waals surface area contributed by atoms with Gasteiger partial charge in [0.2, 0.25) is 5.91 Å². The molecule has 5 rings (SSSR count). The third-order valence-electron chi connectivity index (χ3n) is 7.03. The molecule has 1 fully saturated rings. The van der Waals surface area contributed by atoms with Gasteiger partial charge >= 0.3 is 6.18 Å². The summed E-state index contributed by atoms with van der Waals surface area (Å²) in [5.74, 6) is -0.192. The van der Waals surface area contributed by atoms with E-state index in [9.17, 15) is 27.9 Å². The monoisotopic (exact) mass is 578 g/mol. The standard InChI is InChI=1S/C31H29F3N4O4/c32-31(33,34)22-11-8-20(9-12-22)23(21-10-13-28(35-19-21)38-14-3-16-42-17-15-38)4-1-7-29(40)36-25-5-2-6-26-24(25)18-27(39)30(41)37-26/h1-2,4-13,19,27,39H,3,14-18H2,(H,36,40)(H,37,41). The van der Waals surface area contributed by atoms with E-state index in [4.69, 9.17) is 4.74 Å². The minimum Gasteiger partial charge on any atom is -0.383 e. The Kier molecular flexibility index (Phi) is 8.69. The summed E-state index contributed by atoms with van der Waals surface area (Å²) in [6.07, 6.45) is 1.37. The number of hydrogen-bond donors (Lipinski definition) is 3. The number of nitrogens with zero attached hydrogens (tertiary/aromatic N) is 2. The van der Waals surface area contributed by atoms with Gasteiger partial charge in [0.1, 0.15) is 11.9 Å². The molecular weight excluding hydrogens is 549 g/mol. The highest BCUT2D eigenvalue weighted by Gasteiger charge is 2.30. The van der Waals surface area contributed by atoms with Gasteiger partial charge < -0.3 is 25.4 Å². The highest BCUT2D eigenvalue weighted by atomic mass is 19.4. The van der Waals surface area contributed by atoms with E-state index in [2.05, 4.69) is 20.5 Å². The molecule has 2 aliphatic rings. The first kappa shape index (κ1) is 29.0. The topological polar surface area (TPSA) is 104 Å². The number of benzene rings is 2. The van der Waals surface area contributed by atoms with E-state index < -0.39 is 29.7 Å². The molecule has 2 aromatic carbocycles. The van der Waals surface area contributed by atoms with Crippen molar-refractivity contribution < 1.29 is 32.6 Å². The van der Waals surface area contributed by atoms with Gasteiger partial charge in [0, 0.05) is 60.9 Å². The molecule has 2 aliphatic heterocycles. The number of hydrogen-bond acceptors (Lipinski definition) is 6. The summed E-state index contributed by atoms with van der Waals surface area (Å²) in [4.78, 5) is 31.3. The fraction of sp³-hybridized carbons (Fsp3) is 0.258. The van der Waals surface area contributed by atoms with Gasteiger partial charge in [-0.1, -0.05) is 30.4 Å². The van der Waals surface area contributed by atoms with E-state index in [0.29, 0.717) is 53.4 Å². The average Bonchev–Trinajstić information content (AvgIpc) is 3.26. The summed E-state index contributed by atoms with van der Waals surface area (Å²) in [6, 6.07) is 13.5. The van der Waals surface area contributed by atoms with Gasteiger partial charge in [-0.15, -0.1) is 0 Å². The number of allylic oxidation sites excluding steroid dienone is 2. The number of alkyl halides is 3. The quantitative estimate of drug-likeness (QED) is 0.287. The Morgan fingerprint density at radius 2 is 1.86 bits per heavy atom. The predicted molar refractivity (Wildman–Crippen MR) is 153 cm³/mol. The molecule has 0 aliphatic carbocycles. The number of rotatable bonds is 6. The predicted octanol–water partition coefficient (Wildman–Crippen LogP) is 4.81. The number of carbonyl (C=O) groups is 2. The first-order valence-corrected chi connectivity index (χ1v) is 13.5. The number of amides is 2. The lowest BCUT2D eigenvalue weighted by atomic mass is 9.97. The summed E-state index contributed by atoms with van der Waals surface area (Å²) in [6.45, 7) is 2.82. The van der Waals surface area contributed by atoms with Gasteiger partial charge in [-0.2, -0.15) is 13.2 Å². The van der Waals surface area contributed by atoms with Crippen LogP contribution >= 0.6 is 0 Å². The highest BCUT2D eigenvalue weighted by Crippen LogP contribution is 2.32. The minimum absolute atomic E-state index is 0.0623. The lowest BCUT2D eigenvalue weighted by Crippen LogP contribution is -2.34. The van der Waals surface area contributed by atoms with Crippen LogP contribution in [0.15, 0.2) is 79.0 Å². The number of carbonyl (C=O) groups excluding carboxylic acids is 2. The summed E-state index contributed by atoms with van der Waals surface area (Å²) in [7, 11) is 0. The lowest BCUT2D eigenvalue weighted by molar-refractivity contribution is -0.137. The van der Waals surface area contributed by atoms with Crippen molar-refractivity contribution in [3.63, 3.8) is 0 Å². The third-order valence-corrected chi connectivity index (χ3v) is 7.03. The van der Waals surface area contributed by atoms with Crippen LogP contribution < -0.4 is 15.5 Å². The molecule has 3 N–H and O–H groups in total. The summed E-state index contributed by atoms with van der Waals surface area (Å²) >= 11 is 0. The van der Waals surface area contributed by atoms with Crippen LogP contribution in [0.4, 0.5) is 30.4 Å². The van der Waals surface area contributed by atoms with Crippen molar-refractivity contribution in [2.24, 2.45) is 0 Å². The molecule has 11 heteroatoms. The molecule has 0 radical (unpaired) electrons. The largest absolute Gasteiger partial charge is 0.416 e. The molecule has 42 heavy (non-hydrogen) atoms. The van der Waals surface area contributed by atoms with Crippen LogP contribution in [0.3, 0.4) is 0 Å². The Morgan fingerprint density at radius 1 is 1.07 bits per heavy atom. The van der Waals surface area contributed by atoms with Gasteiger partial charge in [-0.25, -0.2) is 4.98 Å². The Morgan fingerprint density at radius 3 is 2.60 bits per heavy atom. The number of fused-ring (bicyclic) bond motifs is 1. The normalized spacial score (nSPS) is 17.9. The van der Waals surface area contributed by atoms with Gasteiger partial charge in [-0.05, 0) is 54.0 Å². The maximum absolute atomic E-state index is 13.2. The molecular formula is C31H29F3N4O4. The second kappa shape index (κ2) is 12.6. The number of aliphatic hydroxyl groups excluding tert-OH is 1. The van der Waals surface area contributed by atoms with E-state index in [1.54, 1.807) is 30.5 Å². The summed E-state index contributed by atoms with van der Waals surface area (Å²) in [5.41, 5.74) is 2.57. The number of ether oxygens (including phenoxy) is 1. The van der Waals surface area contributed by atoms with E-state index in [0.717, 1.165) is 30.9 Å². The average molecular weight is 579 g/mol. The second-order valence-corrected chi connectivity index (χ2v) is 9.90. The molecule has 1 atom stereocenters. The fourth-order valence-corrected chi connectivity index (χ4v) is 4.85. The molecule has 3 aromatic rings. The van der Waals surface area contributed by atoms with Crippen molar-refractivity contribution in [3.8, 4) is 0 Å². The molecule has 218 valence electrons. The maximum atomic E-state index is 13.2. The zero-order valence-electron chi connectivity index (χ0n) is 22.5. The Balaban J connectivity index is 1.39. The van der Waals surface area contributed by atoms with Gasteiger partial charge in [-0.3, -0.25) is 9.59 Å². The fourth-order valence-electron chi connectivity index (χ4n) is 4.85. The van der Waals surface area contributed by atoms with Crippen LogP contribution in [0.2, 0.25) is 0 Å². The highest BCUT2D eigenvalue weighted by molar-refractivity contribution is 6.03. The molecule has 3 heterocycles. The van der Waals surface area contributed by atoms with E-state index in [1.165, 1.54) is 24.3 Å². The molecule has 1 aromatic heterocycles. The van der Waals surface area contributed by atoms with Gasteiger partial charge in [0.25, 0.3) is 5.91 Å². The summed E-state index contributed by atoms with van der Waals surface area (Å²) < 4.78 is 45.1. The lowest BCUT2D eigenvalue weighted by Gasteiger charge is -2.23. The van der Waals surface area contributed by atoms with Crippen molar-refractivity contribution in [3.05, 3.63) is 101 Å². The third kappa shape index (κ3) is 6.87. The minimum atomic E-state index is -4.46. The van der Waals surface area contributed by atoms with Gasteiger partial charge in [0.15, 0.2) is 0 Å². The van der Waals surface area contributed by atoms with Crippen molar-refractivity contribution in [1.29, 1.82) is 0 Å². The molecule has 8 nitrogen and oxygen atoms in total. The van der Waals surface area contributed by atoms with Crippen LogP contribution in [0.1, 0.15) is 28.7 Å². The van der Waals surface area contributed by atoms with Crippen LogP contribution in [-0.4, -0.2) is 54.3 Å². The Hall–Kier alpha value is -4.48. The van der Waals surface area contributed by atoms with Crippen molar-refractivity contribution >= 4 is 34.6 Å². The van der Waals surface area contributed by atoms with Crippen LogP contribution in [0.5, 0.6) is 0 Å². The Labute approximate surface area is 240 Å². The van der Waals surface area contributed by atoms with Gasteiger partial charge in [0.05, 0.1) is 12.2 Å². The number of nitrogens with one attached hydrogen (secondary N) is 2. The molecule has 1 unspecified atom stereocenters.